The van der Waals surface area contributed by atoms with E-state index in [-0.39, 0.29) is 11.4 Å². The largest absolute Gasteiger partial charge is 0.495 e. The number of aromatic nitrogens is 1. The van der Waals surface area contributed by atoms with E-state index >= 15 is 0 Å². The van der Waals surface area contributed by atoms with Crippen molar-refractivity contribution >= 4 is 26.5 Å². The summed E-state index contributed by atoms with van der Waals surface area (Å²) in [6.07, 6.45) is 0.532. The van der Waals surface area contributed by atoms with Gasteiger partial charge in [0.05, 0.1) is 12.8 Å². The SMILES string of the molecule is CNc1nc(CCNS(=O)(=O)c2cc(C)c(C)cc2OC)cs1. The van der Waals surface area contributed by atoms with Crippen molar-refractivity contribution in [3.8, 4) is 5.75 Å². The van der Waals surface area contributed by atoms with Crippen molar-refractivity contribution < 1.29 is 13.2 Å². The van der Waals surface area contributed by atoms with Gasteiger partial charge in [0.1, 0.15) is 10.6 Å². The highest BCUT2D eigenvalue weighted by Gasteiger charge is 2.20. The van der Waals surface area contributed by atoms with E-state index in [9.17, 15) is 8.42 Å². The molecular formula is C15H21N3O3S2. The summed E-state index contributed by atoms with van der Waals surface area (Å²) in [6, 6.07) is 3.38. The maximum Gasteiger partial charge on any atom is 0.244 e. The summed E-state index contributed by atoms with van der Waals surface area (Å²) in [5.41, 5.74) is 2.75. The molecule has 6 nitrogen and oxygen atoms in total. The zero-order valence-corrected chi connectivity index (χ0v) is 15.3. The number of anilines is 1. The quantitative estimate of drug-likeness (QED) is 0.797. The summed E-state index contributed by atoms with van der Waals surface area (Å²) < 4.78 is 32.8. The number of rotatable bonds is 7. The Balaban J connectivity index is 2.11. The molecule has 0 aliphatic rings. The Bertz CT molecular complexity index is 785. The van der Waals surface area contributed by atoms with E-state index in [0.717, 1.165) is 22.0 Å². The number of benzene rings is 1. The monoisotopic (exact) mass is 355 g/mol. The number of hydrogen-bond acceptors (Lipinski definition) is 6. The first-order valence-electron chi connectivity index (χ1n) is 7.14. The molecule has 0 bridgehead atoms. The van der Waals surface area contributed by atoms with Gasteiger partial charge >= 0.3 is 0 Å². The van der Waals surface area contributed by atoms with E-state index in [0.29, 0.717) is 12.2 Å². The molecule has 2 aromatic rings. The highest BCUT2D eigenvalue weighted by atomic mass is 32.2. The Morgan fingerprint density at radius 1 is 1.26 bits per heavy atom. The molecule has 2 N–H and O–H groups in total. The molecule has 2 rings (SSSR count). The highest BCUT2D eigenvalue weighted by Crippen LogP contribution is 2.27. The van der Waals surface area contributed by atoms with E-state index < -0.39 is 10.0 Å². The zero-order valence-electron chi connectivity index (χ0n) is 13.6. The predicted octanol–water partition coefficient (Wildman–Crippen LogP) is 2.33. The van der Waals surface area contributed by atoms with Crippen LogP contribution < -0.4 is 14.8 Å². The fourth-order valence-electron chi connectivity index (χ4n) is 2.06. The summed E-state index contributed by atoms with van der Waals surface area (Å²) in [6.45, 7) is 4.08. The number of thiazole rings is 1. The number of nitrogens with one attached hydrogen (secondary N) is 2. The zero-order chi connectivity index (χ0) is 17.0. The average molecular weight is 355 g/mol. The van der Waals surface area contributed by atoms with Crippen molar-refractivity contribution in [2.24, 2.45) is 0 Å². The third-order valence-corrected chi connectivity index (χ3v) is 5.90. The summed E-state index contributed by atoms with van der Waals surface area (Å²) >= 11 is 1.49. The van der Waals surface area contributed by atoms with Crippen LogP contribution in [0.25, 0.3) is 0 Å². The lowest BCUT2D eigenvalue weighted by molar-refractivity contribution is 0.402. The third-order valence-electron chi connectivity index (χ3n) is 3.51. The molecule has 1 heterocycles. The van der Waals surface area contributed by atoms with E-state index in [1.54, 1.807) is 19.2 Å². The Morgan fingerprint density at radius 3 is 2.57 bits per heavy atom. The first kappa shape index (κ1) is 17.7. The van der Waals surface area contributed by atoms with Gasteiger partial charge in [0, 0.05) is 25.4 Å². The topological polar surface area (TPSA) is 80.3 Å². The van der Waals surface area contributed by atoms with Crippen molar-refractivity contribution in [3.05, 3.63) is 34.3 Å². The van der Waals surface area contributed by atoms with Gasteiger partial charge in [0.25, 0.3) is 0 Å². The maximum atomic E-state index is 12.5. The second-order valence-corrected chi connectivity index (χ2v) is 7.72. The number of ether oxygens (including phenoxy) is 1. The molecule has 0 spiro atoms. The molecule has 1 aromatic heterocycles. The summed E-state index contributed by atoms with van der Waals surface area (Å²) in [5, 5.41) is 5.69. The smallest absolute Gasteiger partial charge is 0.244 e. The van der Waals surface area contributed by atoms with E-state index in [1.807, 2.05) is 19.2 Å². The van der Waals surface area contributed by atoms with Crippen LogP contribution in [0.5, 0.6) is 5.75 Å². The lowest BCUT2D eigenvalue weighted by atomic mass is 10.1. The van der Waals surface area contributed by atoms with Crippen molar-refractivity contribution in [2.45, 2.75) is 25.2 Å². The molecule has 0 amide bonds. The van der Waals surface area contributed by atoms with Crippen LogP contribution in [0.15, 0.2) is 22.4 Å². The van der Waals surface area contributed by atoms with Crippen LogP contribution in [0.2, 0.25) is 0 Å². The lowest BCUT2D eigenvalue weighted by Gasteiger charge is -2.13. The molecule has 126 valence electrons. The van der Waals surface area contributed by atoms with Crippen molar-refractivity contribution in [1.82, 2.24) is 9.71 Å². The van der Waals surface area contributed by atoms with Crippen LogP contribution in [0, 0.1) is 13.8 Å². The molecule has 0 radical (unpaired) electrons. The first-order chi connectivity index (χ1) is 10.9. The van der Waals surface area contributed by atoms with Crippen LogP contribution in [0.4, 0.5) is 5.13 Å². The van der Waals surface area contributed by atoms with Gasteiger partial charge in [-0.1, -0.05) is 0 Å². The van der Waals surface area contributed by atoms with Crippen molar-refractivity contribution in [1.29, 1.82) is 0 Å². The molecule has 1 aromatic carbocycles. The summed E-state index contributed by atoms with van der Waals surface area (Å²) in [4.78, 5) is 4.49. The molecule has 0 saturated carbocycles. The Hall–Kier alpha value is -1.64. The van der Waals surface area contributed by atoms with Crippen LogP contribution in [-0.2, 0) is 16.4 Å². The lowest BCUT2D eigenvalue weighted by Crippen LogP contribution is -2.26. The number of aryl methyl sites for hydroxylation is 2. The maximum absolute atomic E-state index is 12.5. The van der Waals surface area contributed by atoms with Gasteiger partial charge in [-0.15, -0.1) is 11.3 Å². The van der Waals surface area contributed by atoms with Gasteiger partial charge in [-0.3, -0.25) is 0 Å². The van der Waals surface area contributed by atoms with Crippen LogP contribution in [-0.4, -0.2) is 34.1 Å². The van der Waals surface area contributed by atoms with Crippen LogP contribution in [0.1, 0.15) is 16.8 Å². The van der Waals surface area contributed by atoms with E-state index in [4.69, 9.17) is 4.74 Å². The van der Waals surface area contributed by atoms with E-state index in [1.165, 1.54) is 18.4 Å². The van der Waals surface area contributed by atoms with Crippen molar-refractivity contribution in [2.75, 3.05) is 26.0 Å². The number of nitrogens with zero attached hydrogens (tertiary/aromatic N) is 1. The molecule has 0 atom stereocenters. The standard InChI is InChI=1S/C15H21N3O3S2/c1-10-7-13(21-4)14(8-11(10)2)23(19,20)17-6-5-12-9-22-15(16-3)18-12/h7-9,17H,5-6H2,1-4H3,(H,16,18). The third kappa shape index (κ3) is 4.21. The van der Waals surface area contributed by atoms with Gasteiger partial charge < -0.3 is 10.1 Å². The van der Waals surface area contributed by atoms with Crippen LogP contribution >= 0.6 is 11.3 Å². The highest BCUT2D eigenvalue weighted by molar-refractivity contribution is 7.89. The molecule has 0 unspecified atom stereocenters. The molecule has 0 aliphatic heterocycles. The molecule has 0 aliphatic carbocycles. The number of hydrogen-bond donors (Lipinski definition) is 2. The average Bonchev–Trinajstić information content (AvgIpc) is 2.97. The van der Waals surface area contributed by atoms with Gasteiger partial charge in [-0.2, -0.15) is 0 Å². The van der Waals surface area contributed by atoms with Gasteiger partial charge in [-0.25, -0.2) is 18.1 Å². The van der Waals surface area contributed by atoms with Gasteiger partial charge in [0.2, 0.25) is 10.0 Å². The van der Waals surface area contributed by atoms with Gasteiger partial charge in [0.15, 0.2) is 5.13 Å². The van der Waals surface area contributed by atoms with Crippen molar-refractivity contribution in [3.63, 3.8) is 0 Å². The molecular weight excluding hydrogens is 334 g/mol. The number of sulfonamides is 1. The Kier molecular flexibility index (Phi) is 5.61. The minimum absolute atomic E-state index is 0.164. The van der Waals surface area contributed by atoms with E-state index in [2.05, 4.69) is 15.0 Å². The second kappa shape index (κ2) is 7.29. The van der Waals surface area contributed by atoms with Crippen LogP contribution in [0.3, 0.4) is 0 Å². The predicted molar refractivity (Wildman–Crippen MR) is 93.0 cm³/mol. The first-order valence-corrected chi connectivity index (χ1v) is 9.50. The minimum atomic E-state index is -3.63. The number of methoxy groups -OCH3 is 1. The normalized spacial score (nSPS) is 11.5. The Morgan fingerprint density at radius 2 is 1.96 bits per heavy atom. The summed E-state index contributed by atoms with van der Waals surface area (Å²) in [7, 11) is -0.353. The molecule has 0 saturated heterocycles. The Labute approximate surface area is 141 Å². The molecule has 23 heavy (non-hydrogen) atoms. The molecule has 0 fully saturated rings. The fourth-order valence-corrected chi connectivity index (χ4v) is 4.03. The fraction of sp³-hybridized carbons (Fsp3) is 0.400. The van der Waals surface area contributed by atoms with Gasteiger partial charge in [-0.05, 0) is 37.1 Å². The minimum Gasteiger partial charge on any atom is -0.495 e. The molecule has 8 heteroatoms. The second-order valence-electron chi connectivity index (χ2n) is 5.13. The summed E-state index contributed by atoms with van der Waals surface area (Å²) in [5.74, 6) is 0.353.